The van der Waals surface area contributed by atoms with Gasteiger partial charge in [0.25, 0.3) is 0 Å². The molecule has 26 heavy (non-hydrogen) atoms. The Hall–Kier alpha value is -2.09. The maximum Gasteiger partial charge on any atom is 0.317 e. The van der Waals surface area contributed by atoms with Crippen LogP contribution in [0.4, 0.5) is 16.6 Å². The molecule has 2 fully saturated rings. The van der Waals surface area contributed by atoms with E-state index in [-0.39, 0.29) is 6.03 Å². The zero-order chi connectivity index (χ0) is 17.9. The molecule has 2 saturated heterocycles. The molecule has 0 atom stereocenters. The molecule has 8 heteroatoms. The first-order chi connectivity index (χ1) is 12.8. The minimum Gasteiger partial charge on any atom is -0.378 e. The molecule has 0 spiro atoms. The van der Waals surface area contributed by atoms with Gasteiger partial charge in [-0.2, -0.15) is 4.98 Å². The Morgan fingerprint density at radius 2 is 1.85 bits per heavy atom. The number of morpholine rings is 1. The topological polar surface area (TPSA) is 73.8 Å². The number of amides is 2. The maximum atomic E-state index is 12.3. The Kier molecular flexibility index (Phi) is 5.10. The first-order valence-corrected chi connectivity index (χ1v) is 9.76. The van der Waals surface area contributed by atoms with Gasteiger partial charge in [0.2, 0.25) is 5.95 Å². The van der Waals surface area contributed by atoms with E-state index in [2.05, 4.69) is 15.1 Å². The van der Waals surface area contributed by atoms with Crippen molar-refractivity contribution in [2.45, 2.75) is 32.7 Å². The van der Waals surface area contributed by atoms with Gasteiger partial charge in [-0.05, 0) is 19.8 Å². The van der Waals surface area contributed by atoms with Crippen molar-refractivity contribution in [3.05, 3.63) is 11.3 Å². The lowest BCUT2D eigenvalue weighted by Crippen LogP contribution is -2.44. The van der Waals surface area contributed by atoms with Crippen LogP contribution in [0.15, 0.2) is 0 Å². The van der Waals surface area contributed by atoms with Gasteiger partial charge in [-0.15, -0.1) is 0 Å². The predicted octanol–water partition coefficient (Wildman–Crippen LogP) is 1.00. The molecule has 1 aromatic heterocycles. The van der Waals surface area contributed by atoms with Crippen LogP contribution in [0.5, 0.6) is 0 Å². The molecule has 142 valence electrons. The Bertz CT molecular complexity index is 655. The number of carbonyl (C=O) groups is 1. The van der Waals surface area contributed by atoms with Crippen molar-refractivity contribution in [2.24, 2.45) is 0 Å². The van der Waals surface area contributed by atoms with Gasteiger partial charge in [-0.3, -0.25) is 0 Å². The number of rotatable bonds is 3. The van der Waals surface area contributed by atoms with Crippen LogP contribution in [0.3, 0.4) is 0 Å². The highest BCUT2D eigenvalue weighted by molar-refractivity contribution is 5.75. The number of fused-ring (bicyclic) bond motifs is 1. The van der Waals surface area contributed by atoms with Crippen LogP contribution >= 0.6 is 0 Å². The van der Waals surface area contributed by atoms with Gasteiger partial charge in [-0.1, -0.05) is 0 Å². The molecule has 8 nitrogen and oxygen atoms in total. The molecule has 1 aromatic rings. The highest BCUT2D eigenvalue weighted by Crippen LogP contribution is 2.30. The summed E-state index contributed by atoms with van der Waals surface area (Å²) < 4.78 is 5.52. The lowest BCUT2D eigenvalue weighted by atomic mass is 10.1. The van der Waals surface area contributed by atoms with E-state index in [4.69, 9.17) is 14.7 Å². The quantitative estimate of drug-likeness (QED) is 0.867. The average molecular weight is 360 g/mol. The molecule has 0 radical (unpaired) electrons. The van der Waals surface area contributed by atoms with E-state index in [1.165, 1.54) is 12.8 Å². The highest BCUT2D eigenvalue weighted by atomic mass is 16.5. The molecule has 0 aliphatic carbocycles. The fourth-order valence-electron chi connectivity index (χ4n) is 3.92. The molecular weight excluding hydrogens is 332 g/mol. The Morgan fingerprint density at radius 1 is 1.08 bits per heavy atom. The van der Waals surface area contributed by atoms with Crippen molar-refractivity contribution >= 4 is 17.8 Å². The molecule has 0 unspecified atom stereocenters. The van der Waals surface area contributed by atoms with Crippen molar-refractivity contribution in [1.29, 1.82) is 0 Å². The number of nitrogens with one attached hydrogen (secondary N) is 1. The third-order valence-corrected chi connectivity index (χ3v) is 5.34. The van der Waals surface area contributed by atoms with Crippen molar-refractivity contribution in [3.8, 4) is 0 Å². The van der Waals surface area contributed by atoms with Gasteiger partial charge in [0.1, 0.15) is 5.82 Å². The maximum absolute atomic E-state index is 12.3. The van der Waals surface area contributed by atoms with E-state index < -0.39 is 0 Å². The normalized spacial score (nSPS) is 20.3. The van der Waals surface area contributed by atoms with E-state index in [0.717, 1.165) is 68.8 Å². The summed E-state index contributed by atoms with van der Waals surface area (Å²) in [4.78, 5) is 28.6. The molecule has 4 rings (SSSR count). The summed E-state index contributed by atoms with van der Waals surface area (Å²) in [5.74, 6) is 1.85. The van der Waals surface area contributed by atoms with Crippen LogP contribution < -0.4 is 15.1 Å². The van der Waals surface area contributed by atoms with Crippen LogP contribution in [-0.4, -0.2) is 73.4 Å². The van der Waals surface area contributed by atoms with Crippen molar-refractivity contribution in [2.75, 3.05) is 62.3 Å². The van der Waals surface area contributed by atoms with E-state index in [9.17, 15) is 4.79 Å². The zero-order valence-electron chi connectivity index (χ0n) is 15.5. The lowest BCUT2D eigenvalue weighted by molar-refractivity contribution is 0.122. The second-order valence-corrected chi connectivity index (χ2v) is 7.07. The molecule has 0 aromatic carbocycles. The summed E-state index contributed by atoms with van der Waals surface area (Å²) in [5, 5.41) is 2.91. The Morgan fingerprint density at radius 3 is 2.58 bits per heavy atom. The summed E-state index contributed by atoms with van der Waals surface area (Å²) in [6.45, 7) is 9.05. The number of ether oxygens (including phenoxy) is 1. The fourth-order valence-corrected chi connectivity index (χ4v) is 3.92. The van der Waals surface area contributed by atoms with E-state index in [1.807, 2.05) is 11.8 Å². The molecule has 2 amide bonds. The van der Waals surface area contributed by atoms with Crippen LogP contribution in [0, 0.1) is 0 Å². The minimum atomic E-state index is -0.00491. The second-order valence-electron chi connectivity index (χ2n) is 7.07. The van der Waals surface area contributed by atoms with E-state index >= 15 is 0 Å². The largest absolute Gasteiger partial charge is 0.378 e. The first kappa shape index (κ1) is 17.3. The minimum absolute atomic E-state index is 0.00491. The van der Waals surface area contributed by atoms with Crippen molar-refractivity contribution < 1.29 is 9.53 Å². The molecule has 3 aliphatic heterocycles. The third kappa shape index (κ3) is 3.42. The number of anilines is 2. The van der Waals surface area contributed by atoms with Crippen LogP contribution in [0.25, 0.3) is 0 Å². The molecular formula is C18H28N6O2. The average Bonchev–Trinajstić information content (AvgIpc) is 3.22. The SMILES string of the molecule is CCNC(=O)N1CCc2nc(N3CCCC3)nc(N3CCOCC3)c2C1. The summed E-state index contributed by atoms with van der Waals surface area (Å²) >= 11 is 0. The second kappa shape index (κ2) is 7.65. The van der Waals surface area contributed by atoms with Crippen LogP contribution in [-0.2, 0) is 17.7 Å². The van der Waals surface area contributed by atoms with Crippen molar-refractivity contribution in [3.63, 3.8) is 0 Å². The molecule has 3 aliphatic rings. The van der Waals surface area contributed by atoms with Crippen LogP contribution in [0.2, 0.25) is 0 Å². The smallest absolute Gasteiger partial charge is 0.317 e. The zero-order valence-corrected chi connectivity index (χ0v) is 15.5. The Labute approximate surface area is 154 Å². The fraction of sp³-hybridized carbons (Fsp3) is 0.722. The predicted molar refractivity (Wildman–Crippen MR) is 99.7 cm³/mol. The molecule has 1 N–H and O–H groups in total. The van der Waals surface area contributed by atoms with Gasteiger partial charge in [0.05, 0.1) is 25.5 Å². The third-order valence-electron chi connectivity index (χ3n) is 5.34. The summed E-state index contributed by atoms with van der Waals surface area (Å²) in [6.07, 6.45) is 3.20. The number of urea groups is 1. The number of aromatic nitrogens is 2. The first-order valence-electron chi connectivity index (χ1n) is 9.76. The molecule has 4 heterocycles. The summed E-state index contributed by atoms with van der Waals surface area (Å²) in [7, 11) is 0. The molecule has 0 bridgehead atoms. The van der Waals surface area contributed by atoms with Gasteiger partial charge in [-0.25, -0.2) is 9.78 Å². The van der Waals surface area contributed by atoms with Gasteiger partial charge in [0.15, 0.2) is 0 Å². The number of hydrogen-bond acceptors (Lipinski definition) is 6. The summed E-state index contributed by atoms with van der Waals surface area (Å²) in [6, 6.07) is -0.00491. The van der Waals surface area contributed by atoms with Gasteiger partial charge in [0, 0.05) is 51.3 Å². The standard InChI is InChI=1S/C18H28N6O2/c1-2-19-18(25)24-8-5-15-14(13-24)16(22-9-11-26-12-10-22)21-17(20-15)23-6-3-4-7-23/h2-13H2,1H3,(H,19,25). The highest BCUT2D eigenvalue weighted by Gasteiger charge is 2.29. The summed E-state index contributed by atoms with van der Waals surface area (Å²) in [5.41, 5.74) is 2.20. The van der Waals surface area contributed by atoms with E-state index in [1.54, 1.807) is 0 Å². The number of nitrogens with zero attached hydrogens (tertiary/aromatic N) is 5. The number of hydrogen-bond donors (Lipinski definition) is 1. The van der Waals surface area contributed by atoms with Crippen molar-refractivity contribution in [1.82, 2.24) is 20.2 Å². The lowest BCUT2D eigenvalue weighted by Gasteiger charge is -2.35. The van der Waals surface area contributed by atoms with Gasteiger partial charge >= 0.3 is 6.03 Å². The Balaban J connectivity index is 1.67. The van der Waals surface area contributed by atoms with Crippen LogP contribution in [0.1, 0.15) is 31.0 Å². The van der Waals surface area contributed by atoms with Gasteiger partial charge < -0.3 is 24.8 Å². The van der Waals surface area contributed by atoms with E-state index in [0.29, 0.717) is 19.6 Å². The monoisotopic (exact) mass is 360 g/mol. The molecule has 0 saturated carbocycles. The number of carbonyl (C=O) groups excluding carboxylic acids is 1.